The van der Waals surface area contributed by atoms with E-state index < -0.39 is 5.54 Å². The van der Waals surface area contributed by atoms with Crippen molar-refractivity contribution < 1.29 is 4.79 Å². The molecule has 0 aliphatic carbocycles. The Bertz CT molecular complexity index is 391. The van der Waals surface area contributed by atoms with Crippen LogP contribution in [0.25, 0.3) is 0 Å². The van der Waals surface area contributed by atoms with E-state index in [-0.39, 0.29) is 11.8 Å². The van der Waals surface area contributed by atoms with Crippen molar-refractivity contribution in [1.82, 2.24) is 5.32 Å². The Morgan fingerprint density at radius 2 is 1.83 bits per heavy atom. The molecule has 0 saturated carbocycles. The van der Waals surface area contributed by atoms with E-state index in [9.17, 15) is 4.79 Å². The molecule has 2 nitrogen and oxygen atoms in total. The van der Waals surface area contributed by atoms with Crippen molar-refractivity contribution >= 4 is 17.5 Å². The van der Waals surface area contributed by atoms with Gasteiger partial charge in [-0.3, -0.25) is 4.79 Å². The lowest BCUT2D eigenvalue weighted by Gasteiger charge is -2.31. The van der Waals surface area contributed by atoms with Gasteiger partial charge >= 0.3 is 0 Å². The zero-order valence-corrected chi connectivity index (χ0v) is 12.3. The number of carbonyl (C=O) groups is 1. The van der Waals surface area contributed by atoms with Crippen LogP contribution >= 0.6 is 11.6 Å². The molecule has 1 rings (SSSR count). The smallest absolute Gasteiger partial charge is 0.223 e. The Balaban J connectivity index is 2.87. The van der Waals surface area contributed by atoms with Gasteiger partial charge in [0.15, 0.2) is 0 Å². The fraction of sp³-hybridized carbons (Fsp3) is 0.533. The average molecular weight is 268 g/mol. The zero-order valence-electron chi connectivity index (χ0n) is 11.5. The van der Waals surface area contributed by atoms with Gasteiger partial charge in [-0.05, 0) is 18.4 Å². The standard InChI is InChI=1S/C15H22ClNO/c1-11(2)12(3)14(18)17-15(4,10-16)13-8-6-5-7-9-13/h5-9,11-12H,10H2,1-4H3,(H,17,18). The van der Waals surface area contributed by atoms with Crippen LogP contribution in [0, 0.1) is 11.8 Å². The Hall–Kier alpha value is -1.02. The second-order valence-corrected chi connectivity index (χ2v) is 5.62. The van der Waals surface area contributed by atoms with Crippen LogP contribution < -0.4 is 5.32 Å². The van der Waals surface area contributed by atoms with Crippen LogP contribution in [0.3, 0.4) is 0 Å². The van der Waals surface area contributed by atoms with Crippen LogP contribution in [0.2, 0.25) is 0 Å². The summed E-state index contributed by atoms with van der Waals surface area (Å²) in [5, 5.41) is 3.07. The average Bonchev–Trinajstić information content (AvgIpc) is 2.38. The number of alkyl halides is 1. The summed E-state index contributed by atoms with van der Waals surface area (Å²) in [5.41, 5.74) is 0.521. The first-order chi connectivity index (χ1) is 8.40. The number of benzene rings is 1. The fourth-order valence-electron chi connectivity index (χ4n) is 1.68. The van der Waals surface area contributed by atoms with E-state index >= 15 is 0 Å². The predicted octanol–water partition coefficient (Wildman–Crippen LogP) is 3.55. The first-order valence-electron chi connectivity index (χ1n) is 6.34. The van der Waals surface area contributed by atoms with E-state index in [1.807, 2.05) is 58.0 Å². The molecule has 0 heterocycles. The van der Waals surface area contributed by atoms with E-state index in [4.69, 9.17) is 11.6 Å². The SMILES string of the molecule is CC(C)C(C)C(=O)NC(C)(CCl)c1ccccc1. The van der Waals surface area contributed by atoms with Gasteiger partial charge in [-0.15, -0.1) is 11.6 Å². The van der Waals surface area contributed by atoms with E-state index in [0.29, 0.717) is 11.8 Å². The lowest BCUT2D eigenvalue weighted by molar-refractivity contribution is -0.127. The number of rotatable bonds is 5. The molecule has 100 valence electrons. The van der Waals surface area contributed by atoms with Gasteiger partial charge in [0.25, 0.3) is 0 Å². The number of hydrogen-bond acceptors (Lipinski definition) is 1. The highest BCUT2D eigenvalue weighted by Crippen LogP contribution is 2.23. The number of hydrogen-bond donors (Lipinski definition) is 1. The molecule has 0 aliphatic heterocycles. The molecular weight excluding hydrogens is 246 g/mol. The van der Waals surface area contributed by atoms with Gasteiger partial charge in [0.2, 0.25) is 5.91 Å². The number of amides is 1. The molecule has 0 bridgehead atoms. The first-order valence-corrected chi connectivity index (χ1v) is 6.87. The minimum absolute atomic E-state index is 0.0174. The summed E-state index contributed by atoms with van der Waals surface area (Å²) in [4.78, 5) is 12.2. The molecule has 0 saturated heterocycles. The summed E-state index contributed by atoms with van der Waals surface area (Å²) < 4.78 is 0. The van der Waals surface area contributed by atoms with Crippen molar-refractivity contribution in [3.8, 4) is 0 Å². The minimum Gasteiger partial charge on any atom is -0.345 e. The Kier molecular flexibility index (Phi) is 5.21. The topological polar surface area (TPSA) is 29.1 Å². The normalized spacial score (nSPS) is 16.1. The molecule has 0 aliphatic rings. The summed E-state index contributed by atoms with van der Waals surface area (Å²) in [6.45, 7) is 8.00. The van der Waals surface area contributed by atoms with Crippen molar-refractivity contribution in [2.24, 2.45) is 11.8 Å². The molecule has 0 spiro atoms. The van der Waals surface area contributed by atoms with Crippen LogP contribution in [-0.2, 0) is 10.3 Å². The first kappa shape index (κ1) is 15.0. The largest absolute Gasteiger partial charge is 0.345 e. The molecule has 2 atom stereocenters. The van der Waals surface area contributed by atoms with Crippen LogP contribution in [0.4, 0.5) is 0 Å². The van der Waals surface area contributed by atoms with Gasteiger partial charge < -0.3 is 5.32 Å². The number of halogens is 1. The van der Waals surface area contributed by atoms with Gasteiger partial charge in [-0.2, -0.15) is 0 Å². The summed E-state index contributed by atoms with van der Waals surface area (Å²) >= 11 is 6.06. The lowest BCUT2D eigenvalue weighted by atomic mass is 9.91. The van der Waals surface area contributed by atoms with Crippen LogP contribution in [0.1, 0.15) is 33.3 Å². The van der Waals surface area contributed by atoms with Crippen molar-refractivity contribution in [2.75, 3.05) is 5.88 Å². The zero-order chi connectivity index (χ0) is 13.8. The Labute approximate surface area is 115 Å². The molecule has 3 heteroatoms. The van der Waals surface area contributed by atoms with Crippen LogP contribution in [0.15, 0.2) is 30.3 Å². The van der Waals surface area contributed by atoms with Gasteiger partial charge in [0, 0.05) is 11.8 Å². The lowest BCUT2D eigenvalue weighted by Crippen LogP contribution is -2.47. The molecule has 1 N–H and O–H groups in total. The highest BCUT2D eigenvalue weighted by Gasteiger charge is 2.29. The molecule has 0 aromatic heterocycles. The maximum Gasteiger partial charge on any atom is 0.223 e. The monoisotopic (exact) mass is 267 g/mol. The molecule has 0 radical (unpaired) electrons. The maximum atomic E-state index is 12.2. The Morgan fingerprint density at radius 3 is 2.28 bits per heavy atom. The van der Waals surface area contributed by atoms with Gasteiger partial charge in [-0.1, -0.05) is 51.1 Å². The predicted molar refractivity (Wildman–Crippen MR) is 76.7 cm³/mol. The minimum atomic E-state index is -0.511. The quantitative estimate of drug-likeness (QED) is 0.813. The third-order valence-corrected chi connectivity index (χ3v) is 4.03. The molecule has 1 amide bonds. The highest BCUT2D eigenvalue weighted by molar-refractivity contribution is 6.18. The van der Waals surface area contributed by atoms with E-state index in [2.05, 4.69) is 5.32 Å². The highest BCUT2D eigenvalue weighted by atomic mass is 35.5. The molecule has 18 heavy (non-hydrogen) atoms. The van der Waals surface area contributed by atoms with Crippen molar-refractivity contribution in [1.29, 1.82) is 0 Å². The van der Waals surface area contributed by atoms with Gasteiger partial charge in [0.1, 0.15) is 0 Å². The molecule has 1 aromatic rings. The van der Waals surface area contributed by atoms with Crippen LogP contribution in [-0.4, -0.2) is 11.8 Å². The second kappa shape index (κ2) is 6.24. The Morgan fingerprint density at radius 1 is 1.28 bits per heavy atom. The van der Waals surface area contributed by atoms with Gasteiger partial charge in [0.05, 0.1) is 5.54 Å². The fourth-order valence-corrected chi connectivity index (χ4v) is 1.90. The molecule has 0 fully saturated rings. The van der Waals surface area contributed by atoms with E-state index in [1.54, 1.807) is 0 Å². The summed E-state index contributed by atoms with van der Waals surface area (Å²) in [6, 6.07) is 9.85. The van der Waals surface area contributed by atoms with Crippen molar-refractivity contribution in [3.05, 3.63) is 35.9 Å². The van der Waals surface area contributed by atoms with Crippen LogP contribution in [0.5, 0.6) is 0 Å². The van der Waals surface area contributed by atoms with Crippen molar-refractivity contribution in [2.45, 2.75) is 33.2 Å². The third kappa shape index (κ3) is 3.49. The summed E-state index contributed by atoms with van der Waals surface area (Å²) in [6.07, 6.45) is 0. The summed E-state index contributed by atoms with van der Waals surface area (Å²) in [7, 11) is 0. The third-order valence-electron chi connectivity index (χ3n) is 3.49. The number of carbonyl (C=O) groups excluding carboxylic acids is 1. The molecule has 2 unspecified atom stereocenters. The van der Waals surface area contributed by atoms with Crippen molar-refractivity contribution in [3.63, 3.8) is 0 Å². The van der Waals surface area contributed by atoms with E-state index in [0.717, 1.165) is 5.56 Å². The maximum absolute atomic E-state index is 12.2. The molecular formula is C15H22ClNO. The summed E-state index contributed by atoms with van der Waals surface area (Å²) in [5.74, 6) is 0.710. The molecule has 1 aromatic carbocycles. The van der Waals surface area contributed by atoms with Gasteiger partial charge in [-0.25, -0.2) is 0 Å². The number of nitrogens with one attached hydrogen (secondary N) is 1. The second-order valence-electron chi connectivity index (χ2n) is 5.35. The van der Waals surface area contributed by atoms with E-state index in [1.165, 1.54) is 0 Å².